The summed E-state index contributed by atoms with van der Waals surface area (Å²) in [5.41, 5.74) is 0. The van der Waals surface area contributed by atoms with Gasteiger partial charge in [-0.25, -0.2) is 0 Å². The van der Waals surface area contributed by atoms with Crippen molar-refractivity contribution in [2.24, 2.45) is 16.8 Å². The molecule has 0 bridgehead atoms. The molecule has 1 rings (SSSR count). The summed E-state index contributed by atoms with van der Waals surface area (Å²) in [4.78, 5) is 4.54. The first-order valence-corrected chi connectivity index (χ1v) is 6.02. The van der Waals surface area contributed by atoms with Gasteiger partial charge in [0.25, 0.3) is 0 Å². The minimum Gasteiger partial charge on any atom is -0.362 e. The predicted octanol–water partition coefficient (Wildman–Crippen LogP) is 2.36. The van der Waals surface area contributed by atoms with Crippen molar-refractivity contribution >= 4 is 16.9 Å². The zero-order valence-electron chi connectivity index (χ0n) is 9.00. The maximum atomic E-state index is 4.54. The lowest BCUT2D eigenvalue weighted by atomic mass is 10.1. The maximum absolute atomic E-state index is 4.54. The topological polar surface area (TPSA) is 24.4 Å². The van der Waals surface area contributed by atoms with Gasteiger partial charge in [-0.2, -0.15) is 0 Å². The molecule has 1 N–H and O–H groups in total. The minimum absolute atomic E-state index is 0.576. The van der Waals surface area contributed by atoms with E-state index in [1.54, 1.807) is 0 Å². The fourth-order valence-electron chi connectivity index (χ4n) is 1.09. The van der Waals surface area contributed by atoms with Crippen LogP contribution < -0.4 is 5.32 Å². The van der Waals surface area contributed by atoms with Crippen LogP contribution in [-0.2, 0) is 0 Å². The minimum atomic E-state index is 0.576. The molecule has 1 aliphatic rings. The number of thioether (sulfide) groups is 1. The summed E-state index contributed by atoms with van der Waals surface area (Å²) in [7, 11) is 0. The number of amidine groups is 1. The first kappa shape index (κ1) is 10.9. The molecule has 1 heterocycles. The molecule has 2 atom stereocenters. The summed E-state index contributed by atoms with van der Waals surface area (Å²) in [5, 5.41) is 4.57. The average molecular weight is 200 g/mol. The average Bonchev–Trinajstić information content (AvgIpc) is 2.07. The Morgan fingerprint density at radius 2 is 2.23 bits per heavy atom. The second kappa shape index (κ2) is 4.89. The zero-order chi connectivity index (χ0) is 9.84. The van der Waals surface area contributed by atoms with Crippen molar-refractivity contribution < 1.29 is 0 Å². The number of hydrogen-bond acceptors (Lipinski definition) is 2. The first-order valence-electron chi connectivity index (χ1n) is 5.03. The number of nitrogens with zero attached hydrogens (tertiary/aromatic N) is 1. The third-order valence-corrected chi connectivity index (χ3v) is 3.50. The summed E-state index contributed by atoms with van der Waals surface area (Å²) in [6.07, 6.45) is 0. The van der Waals surface area contributed by atoms with Crippen molar-refractivity contribution in [3.63, 3.8) is 0 Å². The predicted molar refractivity (Wildman–Crippen MR) is 61.4 cm³/mol. The van der Waals surface area contributed by atoms with Crippen molar-refractivity contribution in [2.75, 3.05) is 12.3 Å². The Hall–Kier alpha value is -0.180. The van der Waals surface area contributed by atoms with Crippen molar-refractivity contribution in [3.05, 3.63) is 0 Å². The molecule has 2 nitrogen and oxygen atoms in total. The molecule has 2 unspecified atom stereocenters. The van der Waals surface area contributed by atoms with Gasteiger partial charge in [-0.15, -0.1) is 0 Å². The third-order valence-electron chi connectivity index (χ3n) is 2.29. The molecule has 0 saturated carbocycles. The molecule has 1 fully saturated rings. The van der Waals surface area contributed by atoms with Crippen LogP contribution in [0.3, 0.4) is 0 Å². The van der Waals surface area contributed by atoms with Gasteiger partial charge in [0.05, 0.1) is 0 Å². The van der Waals surface area contributed by atoms with Gasteiger partial charge < -0.3 is 5.32 Å². The number of rotatable bonds is 2. The smallest absolute Gasteiger partial charge is 0.156 e. The Kier molecular flexibility index (Phi) is 4.10. The first-order chi connectivity index (χ1) is 6.09. The summed E-state index contributed by atoms with van der Waals surface area (Å²) in [6.45, 7) is 9.85. The van der Waals surface area contributed by atoms with Gasteiger partial charge in [0.1, 0.15) is 0 Å². The molecule has 0 amide bonds. The zero-order valence-corrected chi connectivity index (χ0v) is 9.82. The van der Waals surface area contributed by atoms with Crippen molar-refractivity contribution in [3.8, 4) is 0 Å². The Morgan fingerprint density at radius 1 is 1.54 bits per heavy atom. The maximum Gasteiger partial charge on any atom is 0.156 e. The number of aliphatic imine (C=N–C) groups is 1. The number of hydrogen-bond donors (Lipinski definition) is 1. The van der Waals surface area contributed by atoms with Crippen LogP contribution in [0.15, 0.2) is 4.99 Å². The Bertz CT molecular complexity index is 189. The lowest BCUT2D eigenvalue weighted by Gasteiger charge is -2.28. The van der Waals surface area contributed by atoms with E-state index in [-0.39, 0.29) is 0 Å². The fraction of sp³-hybridized carbons (Fsp3) is 0.900. The van der Waals surface area contributed by atoms with Crippen LogP contribution in [-0.4, -0.2) is 23.5 Å². The SMILES string of the molecule is CC(C)CN=C1NC(C)C(C)CS1. The van der Waals surface area contributed by atoms with Gasteiger partial charge in [0.2, 0.25) is 0 Å². The third kappa shape index (κ3) is 3.59. The van der Waals surface area contributed by atoms with Gasteiger partial charge >= 0.3 is 0 Å². The van der Waals surface area contributed by atoms with Crippen LogP contribution in [0.25, 0.3) is 0 Å². The highest BCUT2D eigenvalue weighted by Gasteiger charge is 2.20. The van der Waals surface area contributed by atoms with Crippen molar-refractivity contribution in [2.45, 2.75) is 33.7 Å². The Balaban J connectivity index is 2.40. The van der Waals surface area contributed by atoms with E-state index in [2.05, 4.69) is 38.0 Å². The second-order valence-corrected chi connectivity index (χ2v) is 5.27. The van der Waals surface area contributed by atoms with E-state index in [9.17, 15) is 0 Å². The van der Waals surface area contributed by atoms with E-state index in [4.69, 9.17) is 0 Å². The molecule has 0 aromatic heterocycles. The monoisotopic (exact) mass is 200 g/mol. The van der Waals surface area contributed by atoms with E-state index in [0.29, 0.717) is 12.0 Å². The normalized spacial score (nSPS) is 32.2. The van der Waals surface area contributed by atoms with Crippen LogP contribution in [0.1, 0.15) is 27.7 Å². The van der Waals surface area contributed by atoms with Crippen LogP contribution in [0.2, 0.25) is 0 Å². The molecule has 0 aliphatic carbocycles. The van der Waals surface area contributed by atoms with Gasteiger partial charge in [0.15, 0.2) is 5.17 Å². The molecule has 76 valence electrons. The molecule has 0 aromatic carbocycles. The van der Waals surface area contributed by atoms with Crippen LogP contribution in [0.4, 0.5) is 0 Å². The van der Waals surface area contributed by atoms with E-state index in [0.717, 1.165) is 17.6 Å². The molecule has 1 aliphatic heterocycles. The standard InChI is InChI=1S/C10H20N2S/c1-7(2)5-11-10-12-9(4)8(3)6-13-10/h7-9H,5-6H2,1-4H3,(H,11,12). The molecular weight excluding hydrogens is 180 g/mol. The van der Waals surface area contributed by atoms with E-state index >= 15 is 0 Å². The van der Waals surface area contributed by atoms with Crippen LogP contribution in [0.5, 0.6) is 0 Å². The molecule has 0 aromatic rings. The largest absolute Gasteiger partial charge is 0.362 e. The van der Waals surface area contributed by atoms with Gasteiger partial charge in [-0.3, -0.25) is 4.99 Å². The van der Waals surface area contributed by atoms with E-state index in [1.165, 1.54) is 5.75 Å². The van der Waals surface area contributed by atoms with Crippen molar-refractivity contribution in [1.29, 1.82) is 0 Å². The lowest BCUT2D eigenvalue weighted by Crippen LogP contribution is -2.41. The van der Waals surface area contributed by atoms with Crippen LogP contribution >= 0.6 is 11.8 Å². The summed E-state index contributed by atoms with van der Waals surface area (Å²) in [5.74, 6) is 2.61. The van der Waals surface area contributed by atoms with Gasteiger partial charge in [0, 0.05) is 18.3 Å². The number of nitrogens with one attached hydrogen (secondary N) is 1. The highest BCUT2D eigenvalue weighted by Crippen LogP contribution is 2.19. The molecule has 3 heteroatoms. The molecule has 1 saturated heterocycles. The Labute approximate surface area is 85.6 Å². The van der Waals surface area contributed by atoms with Gasteiger partial charge in [-0.05, 0) is 18.8 Å². The van der Waals surface area contributed by atoms with E-state index in [1.807, 2.05) is 11.8 Å². The second-order valence-electron chi connectivity index (χ2n) is 4.26. The molecular formula is C10H20N2S. The molecule has 13 heavy (non-hydrogen) atoms. The summed E-state index contributed by atoms with van der Waals surface area (Å²) >= 11 is 1.86. The summed E-state index contributed by atoms with van der Waals surface area (Å²) < 4.78 is 0. The highest BCUT2D eigenvalue weighted by molar-refractivity contribution is 8.13. The van der Waals surface area contributed by atoms with Gasteiger partial charge in [-0.1, -0.05) is 32.5 Å². The lowest BCUT2D eigenvalue weighted by molar-refractivity contribution is 0.489. The van der Waals surface area contributed by atoms with E-state index < -0.39 is 0 Å². The highest BCUT2D eigenvalue weighted by atomic mass is 32.2. The van der Waals surface area contributed by atoms with Crippen molar-refractivity contribution in [1.82, 2.24) is 5.32 Å². The summed E-state index contributed by atoms with van der Waals surface area (Å²) in [6, 6.07) is 0.576. The quantitative estimate of drug-likeness (QED) is 0.740. The van der Waals surface area contributed by atoms with Crippen LogP contribution in [0, 0.1) is 11.8 Å². The fourth-order valence-corrected chi connectivity index (χ4v) is 2.23. The molecule has 0 spiro atoms. The molecule has 0 radical (unpaired) electrons. The Morgan fingerprint density at radius 3 is 2.77 bits per heavy atom.